The van der Waals surface area contributed by atoms with Gasteiger partial charge in [0, 0.05) is 17.5 Å². The molecule has 2 fully saturated rings. The van der Waals surface area contributed by atoms with Gasteiger partial charge in [-0.2, -0.15) is 0 Å². The summed E-state index contributed by atoms with van der Waals surface area (Å²) in [6, 6.07) is 0.566. The standard InChI is InChI=1S/C26H33N3O7/c1-6-11-7-12(9-27)17(30)14-13(11)8-24(2)10-25(3)20(29(4)5)19(32)15(23(28)35)21(33)26(25,36)22(34)16(24)18(14)31/h7,15-16,20,30,36H,6,8-10,27H2,1-5H3,(H2,28,35)/t15?,16?,20-,24+,25+,26-/m1/s1. The number of rotatable bonds is 4. The van der Waals surface area contributed by atoms with Gasteiger partial charge in [0.1, 0.15) is 5.75 Å². The van der Waals surface area contributed by atoms with Gasteiger partial charge in [-0.25, -0.2) is 0 Å². The Morgan fingerprint density at radius 1 is 1.14 bits per heavy atom. The van der Waals surface area contributed by atoms with Crippen molar-refractivity contribution in [1.29, 1.82) is 0 Å². The molecule has 2 saturated carbocycles. The Labute approximate surface area is 209 Å². The van der Waals surface area contributed by atoms with Gasteiger partial charge in [0.2, 0.25) is 5.91 Å². The van der Waals surface area contributed by atoms with Crippen molar-refractivity contribution in [3.63, 3.8) is 0 Å². The van der Waals surface area contributed by atoms with E-state index in [4.69, 9.17) is 11.5 Å². The van der Waals surface area contributed by atoms with Crippen LogP contribution in [0.4, 0.5) is 0 Å². The number of likely N-dealkylation sites (N-methyl/N-ethyl adjacent to an activating group) is 1. The zero-order valence-corrected chi connectivity index (χ0v) is 21.2. The number of phenols is 1. The lowest BCUT2D eigenvalue weighted by atomic mass is 9.42. The predicted octanol–water partition coefficient (Wildman–Crippen LogP) is -0.332. The molecule has 0 aromatic heterocycles. The number of aryl methyl sites for hydroxylation is 1. The number of primary amides is 1. The van der Waals surface area contributed by atoms with Crippen LogP contribution in [0, 0.1) is 22.7 Å². The lowest BCUT2D eigenvalue weighted by Crippen LogP contribution is -2.79. The van der Waals surface area contributed by atoms with Gasteiger partial charge in [-0.3, -0.25) is 28.9 Å². The first-order valence-corrected chi connectivity index (χ1v) is 12.0. The molecular weight excluding hydrogens is 466 g/mol. The average Bonchev–Trinajstić information content (AvgIpc) is 2.76. The summed E-state index contributed by atoms with van der Waals surface area (Å²) in [5, 5.41) is 22.8. The van der Waals surface area contributed by atoms with E-state index in [0.717, 1.165) is 5.56 Å². The van der Waals surface area contributed by atoms with E-state index in [9.17, 15) is 34.2 Å². The first kappa shape index (κ1) is 26.1. The van der Waals surface area contributed by atoms with Crippen LogP contribution in [0.25, 0.3) is 0 Å². The Bertz CT molecular complexity index is 1240. The number of benzene rings is 1. The summed E-state index contributed by atoms with van der Waals surface area (Å²) in [6.07, 6.45) is 0.725. The van der Waals surface area contributed by atoms with Crippen LogP contribution in [0.15, 0.2) is 6.07 Å². The Morgan fingerprint density at radius 3 is 2.25 bits per heavy atom. The second-order valence-electron chi connectivity index (χ2n) is 11.2. The minimum Gasteiger partial charge on any atom is -0.507 e. The average molecular weight is 500 g/mol. The van der Waals surface area contributed by atoms with E-state index in [-0.39, 0.29) is 30.7 Å². The van der Waals surface area contributed by atoms with Crippen LogP contribution in [0.2, 0.25) is 0 Å². The third-order valence-corrected chi connectivity index (χ3v) is 8.76. The maximum atomic E-state index is 14.1. The quantitative estimate of drug-likeness (QED) is 0.403. The van der Waals surface area contributed by atoms with E-state index < -0.39 is 63.3 Å². The number of aromatic hydroxyl groups is 1. The van der Waals surface area contributed by atoms with Crippen molar-refractivity contribution in [1.82, 2.24) is 4.90 Å². The van der Waals surface area contributed by atoms with Gasteiger partial charge >= 0.3 is 0 Å². The molecule has 3 aliphatic rings. The van der Waals surface area contributed by atoms with Crippen LogP contribution in [0.3, 0.4) is 0 Å². The molecular formula is C26H33N3O7. The maximum Gasteiger partial charge on any atom is 0.235 e. The topological polar surface area (TPSA) is 181 Å². The van der Waals surface area contributed by atoms with E-state index in [1.54, 1.807) is 27.1 Å². The highest BCUT2D eigenvalue weighted by molar-refractivity contribution is 6.33. The molecule has 1 aromatic rings. The van der Waals surface area contributed by atoms with Gasteiger partial charge < -0.3 is 21.7 Å². The summed E-state index contributed by atoms with van der Waals surface area (Å²) in [4.78, 5) is 68.6. The molecule has 0 heterocycles. The minimum absolute atomic E-state index is 0.0206. The van der Waals surface area contributed by atoms with Crippen LogP contribution in [0.5, 0.6) is 5.75 Å². The summed E-state index contributed by atoms with van der Waals surface area (Å²) in [5.74, 6) is -8.90. The SMILES string of the molecule is CCc1cc(CN)c(O)c2c1C[C@@]1(C)C[C@@]3(C)[C@H](N(C)C)C(=O)C(C(N)=O)C(=O)[C@@]3(O)C(=O)C1C2=O. The van der Waals surface area contributed by atoms with E-state index in [1.807, 2.05) is 6.92 Å². The fourth-order valence-electron chi connectivity index (χ4n) is 7.39. The summed E-state index contributed by atoms with van der Waals surface area (Å²) in [7, 11) is 3.12. The van der Waals surface area contributed by atoms with Crippen molar-refractivity contribution in [2.75, 3.05) is 14.1 Å². The fourth-order valence-corrected chi connectivity index (χ4v) is 7.39. The summed E-state index contributed by atoms with van der Waals surface area (Å²) in [5.41, 5.74) is 7.39. The van der Waals surface area contributed by atoms with E-state index >= 15 is 0 Å². The van der Waals surface area contributed by atoms with Crippen molar-refractivity contribution in [2.24, 2.45) is 34.1 Å². The van der Waals surface area contributed by atoms with Gasteiger partial charge in [-0.15, -0.1) is 0 Å². The Balaban J connectivity index is 2.00. The molecule has 0 spiro atoms. The number of carbonyl (C=O) groups excluding carboxylic acids is 5. The minimum atomic E-state index is -2.80. The number of phenolic OH excluding ortho intramolecular Hbond substituents is 1. The summed E-state index contributed by atoms with van der Waals surface area (Å²) < 4.78 is 0. The summed E-state index contributed by atoms with van der Waals surface area (Å²) in [6.45, 7) is 5.10. The molecule has 2 unspecified atom stereocenters. The molecule has 10 heteroatoms. The van der Waals surface area contributed by atoms with Crippen molar-refractivity contribution < 1.29 is 34.2 Å². The number of nitrogens with two attached hydrogens (primary N) is 2. The maximum absolute atomic E-state index is 14.1. The lowest BCUT2D eigenvalue weighted by Gasteiger charge is -2.61. The highest BCUT2D eigenvalue weighted by Gasteiger charge is 2.76. The number of carbonyl (C=O) groups is 5. The van der Waals surface area contributed by atoms with Crippen LogP contribution < -0.4 is 11.5 Å². The van der Waals surface area contributed by atoms with Gasteiger partial charge in [0.15, 0.2) is 34.7 Å². The number of hydrogen-bond donors (Lipinski definition) is 4. The molecule has 3 aliphatic carbocycles. The fraction of sp³-hybridized carbons (Fsp3) is 0.577. The molecule has 1 aromatic carbocycles. The largest absolute Gasteiger partial charge is 0.507 e. The number of ketones is 4. The van der Waals surface area contributed by atoms with Crippen molar-refractivity contribution >= 4 is 29.0 Å². The van der Waals surface area contributed by atoms with E-state index in [0.29, 0.717) is 17.5 Å². The molecule has 0 saturated heterocycles. The molecule has 0 bridgehead atoms. The number of Topliss-reactive ketones (excluding diaryl/α,β-unsaturated/α-hetero) is 4. The molecule has 0 aliphatic heterocycles. The molecule has 10 nitrogen and oxygen atoms in total. The molecule has 0 radical (unpaired) electrons. The lowest BCUT2D eigenvalue weighted by molar-refractivity contribution is -0.203. The molecule has 6 N–H and O–H groups in total. The molecule has 194 valence electrons. The highest BCUT2D eigenvalue weighted by atomic mass is 16.3. The van der Waals surface area contributed by atoms with Gasteiger partial charge in [-0.1, -0.05) is 26.8 Å². The monoisotopic (exact) mass is 499 g/mol. The first-order chi connectivity index (χ1) is 16.6. The number of amides is 1. The Hall–Kier alpha value is -2.95. The molecule has 6 atom stereocenters. The van der Waals surface area contributed by atoms with E-state index in [2.05, 4.69) is 0 Å². The van der Waals surface area contributed by atoms with Crippen molar-refractivity contribution in [3.8, 4) is 5.75 Å². The van der Waals surface area contributed by atoms with Gasteiger partial charge in [0.25, 0.3) is 0 Å². The molecule has 36 heavy (non-hydrogen) atoms. The van der Waals surface area contributed by atoms with Crippen LogP contribution in [-0.2, 0) is 38.6 Å². The zero-order chi connectivity index (χ0) is 27.1. The van der Waals surface area contributed by atoms with Crippen molar-refractivity contribution in [2.45, 2.75) is 58.2 Å². The van der Waals surface area contributed by atoms with Crippen LogP contribution in [0.1, 0.15) is 54.2 Å². The van der Waals surface area contributed by atoms with Gasteiger partial charge in [-0.05, 0) is 49.9 Å². The Kier molecular flexibility index (Phi) is 5.82. The summed E-state index contributed by atoms with van der Waals surface area (Å²) >= 11 is 0. The Morgan fingerprint density at radius 2 is 1.75 bits per heavy atom. The zero-order valence-electron chi connectivity index (χ0n) is 21.2. The van der Waals surface area contributed by atoms with Crippen LogP contribution in [-0.4, -0.2) is 69.9 Å². The first-order valence-electron chi connectivity index (χ1n) is 12.0. The van der Waals surface area contributed by atoms with E-state index in [1.165, 1.54) is 11.8 Å². The number of nitrogens with zero attached hydrogens (tertiary/aromatic N) is 1. The number of fused-ring (bicyclic) bond motifs is 3. The van der Waals surface area contributed by atoms with Crippen LogP contribution >= 0.6 is 0 Å². The molecule has 4 rings (SSSR count). The number of hydrogen-bond acceptors (Lipinski definition) is 9. The molecule has 1 amide bonds. The van der Waals surface area contributed by atoms with Crippen molar-refractivity contribution in [3.05, 3.63) is 28.3 Å². The predicted molar refractivity (Wildman–Crippen MR) is 128 cm³/mol. The number of aliphatic hydroxyl groups is 1. The highest BCUT2D eigenvalue weighted by Crippen LogP contribution is 2.61. The normalized spacial score (nSPS) is 35.9. The second kappa shape index (κ2) is 8.03. The smallest absolute Gasteiger partial charge is 0.235 e. The third kappa shape index (κ3) is 2.98. The second-order valence-corrected chi connectivity index (χ2v) is 11.2. The third-order valence-electron chi connectivity index (χ3n) is 8.76. The van der Waals surface area contributed by atoms with Gasteiger partial charge in [0.05, 0.1) is 17.5 Å².